The molecule has 3 heteroatoms. The van der Waals surface area contributed by atoms with Gasteiger partial charge in [-0.15, -0.1) is 0 Å². The number of ether oxygens (including phenoxy) is 1. The molecule has 1 heterocycles. The van der Waals surface area contributed by atoms with E-state index in [1.807, 2.05) is 6.92 Å². The largest absolute Gasteiger partial charge is 0.385 e. The Morgan fingerprint density at radius 3 is 2.93 bits per heavy atom. The van der Waals surface area contributed by atoms with E-state index in [4.69, 9.17) is 4.74 Å². The third-order valence-corrected chi connectivity index (χ3v) is 3.11. The summed E-state index contributed by atoms with van der Waals surface area (Å²) in [7, 11) is 1.67. The van der Waals surface area contributed by atoms with Gasteiger partial charge in [0.05, 0.1) is 0 Å². The van der Waals surface area contributed by atoms with Gasteiger partial charge >= 0.3 is 0 Å². The lowest BCUT2D eigenvalue weighted by molar-refractivity contribution is 0.103. The van der Waals surface area contributed by atoms with Crippen molar-refractivity contribution in [2.45, 2.75) is 32.4 Å². The Morgan fingerprint density at radius 2 is 2.36 bits per heavy atom. The van der Waals surface area contributed by atoms with Crippen LogP contribution in [0, 0.1) is 11.8 Å². The highest BCUT2D eigenvalue weighted by Crippen LogP contribution is 2.25. The Balaban J connectivity index is 2.26. The molecule has 3 atom stereocenters. The molecule has 0 aliphatic carbocycles. The van der Waals surface area contributed by atoms with Crippen molar-refractivity contribution in [3.8, 4) is 0 Å². The lowest BCUT2D eigenvalue weighted by Crippen LogP contribution is -2.37. The van der Waals surface area contributed by atoms with Gasteiger partial charge in [-0.3, -0.25) is 0 Å². The van der Waals surface area contributed by atoms with Crippen molar-refractivity contribution in [3.63, 3.8) is 0 Å². The molecule has 1 aliphatic rings. The monoisotopic (exact) mass is 203 g/mol. The maximum Gasteiger partial charge on any atom is 0.107 e. The molecule has 1 rings (SSSR count). The van der Waals surface area contributed by atoms with Crippen LogP contribution in [0.5, 0.6) is 0 Å². The number of hydrogen-bond acceptors (Lipinski definition) is 2. The number of hydrogen-bond donors (Lipinski definition) is 1. The predicted molar refractivity (Wildman–Crippen MR) is 56.1 cm³/mol. The second-order valence-corrected chi connectivity index (χ2v) is 4.31. The van der Waals surface area contributed by atoms with Crippen LogP contribution in [0.15, 0.2) is 0 Å². The van der Waals surface area contributed by atoms with E-state index in [0.29, 0.717) is 6.61 Å². The SMILES string of the molecule is COCCC(C)C(F)C1CCCNC1. The third-order valence-electron chi connectivity index (χ3n) is 3.11. The van der Waals surface area contributed by atoms with Crippen molar-refractivity contribution < 1.29 is 9.13 Å². The summed E-state index contributed by atoms with van der Waals surface area (Å²) in [6, 6.07) is 0. The van der Waals surface area contributed by atoms with Gasteiger partial charge in [-0.2, -0.15) is 0 Å². The Morgan fingerprint density at radius 1 is 1.57 bits per heavy atom. The van der Waals surface area contributed by atoms with E-state index in [0.717, 1.165) is 32.4 Å². The molecule has 0 aromatic carbocycles. The molecule has 1 aliphatic heterocycles. The molecule has 84 valence electrons. The Kier molecular flexibility index (Phi) is 5.41. The summed E-state index contributed by atoms with van der Waals surface area (Å²) in [6.45, 7) is 4.55. The van der Waals surface area contributed by atoms with Gasteiger partial charge in [0.1, 0.15) is 6.17 Å². The van der Waals surface area contributed by atoms with E-state index < -0.39 is 6.17 Å². The highest BCUT2D eigenvalue weighted by atomic mass is 19.1. The molecule has 0 bridgehead atoms. The number of rotatable bonds is 5. The van der Waals surface area contributed by atoms with Crippen LogP contribution in [0.2, 0.25) is 0 Å². The van der Waals surface area contributed by atoms with Gasteiger partial charge in [-0.1, -0.05) is 6.92 Å². The highest BCUT2D eigenvalue weighted by Gasteiger charge is 2.27. The summed E-state index contributed by atoms with van der Waals surface area (Å²) >= 11 is 0. The van der Waals surface area contributed by atoms with Crippen LogP contribution < -0.4 is 5.32 Å². The average Bonchev–Trinajstić information content (AvgIpc) is 2.26. The number of piperidine rings is 1. The molecule has 1 saturated heterocycles. The van der Waals surface area contributed by atoms with Gasteiger partial charge in [-0.25, -0.2) is 4.39 Å². The van der Waals surface area contributed by atoms with Crippen LogP contribution in [-0.2, 0) is 4.74 Å². The number of nitrogens with one attached hydrogen (secondary N) is 1. The molecule has 2 nitrogen and oxygen atoms in total. The zero-order chi connectivity index (χ0) is 10.4. The highest BCUT2D eigenvalue weighted by molar-refractivity contribution is 4.79. The normalized spacial score (nSPS) is 27.2. The number of methoxy groups -OCH3 is 1. The second kappa shape index (κ2) is 6.36. The summed E-state index contributed by atoms with van der Waals surface area (Å²) in [5.41, 5.74) is 0. The van der Waals surface area contributed by atoms with E-state index in [-0.39, 0.29) is 11.8 Å². The molecule has 0 aromatic heterocycles. The average molecular weight is 203 g/mol. The zero-order valence-corrected chi connectivity index (χ0v) is 9.26. The van der Waals surface area contributed by atoms with Crippen molar-refractivity contribution in [2.75, 3.05) is 26.8 Å². The Bertz CT molecular complexity index is 148. The lowest BCUT2D eigenvalue weighted by Gasteiger charge is -2.29. The number of halogens is 1. The van der Waals surface area contributed by atoms with Crippen molar-refractivity contribution in [3.05, 3.63) is 0 Å². The van der Waals surface area contributed by atoms with E-state index in [9.17, 15) is 4.39 Å². The van der Waals surface area contributed by atoms with Crippen LogP contribution in [0.3, 0.4) is 0 Å². The third kappa shape index (κ3) is 3.54. The predicted octanol–water partition coefficient (Wildman–Crippen LogP) is 2.00. The first-order valence-electron chi connectivity index (χ1n) is 5.59. The standard InChI is InChI=1S/C11H22FNO/c1-9(5-7-14-2)11(12)10-4-3-6-13-8-10/h9-11,13H,3-8H2,1-2H3. The van der Waals surface area contributed by atoms with Crippen molar-refractivity contribution in [1.29, 1.82) is 0 Å². The quantitative estimate of drug-likeness (QED) is 0.738. The molecule has 0 spiro atoms. The molecular weight excluding hydrogens is 181 g/mol. The van der Waals surface area contributed by atoms with Crippen molar-refractivity contribution in [1.82, 2.24) is 5.32 Å². The lowest BCUT2D eigenvalue weighted by atomic mass is 9.86. The molecule has 0 aromatic rings. The molecule has 14 heavy (non-hydrogen) atoms. The molecular formula is C11H22FNO. The van der Waals surface area contributed by atoms with Crippen LogP contribution in [0.25, 0.3) is 0 Å². The van der Waals surface area contributed by atoms with E-state index in [1.54, 1.807) is 7.11 Å². The van der Waals surface area contributed by atoms with Gasteiger partial charge in [0.25, 0.3) is 0 Å². The van der Waals surface area contributed by atoms with Gasteiger partial charge in [0.15, 0.2) is 0 Å². The fourth-order valence-corrected chi connectivity index (χ4v) is 2.08. The van der Waals surface area contributed by atoms with Crippen LogP contribution in [-0.4, -0.2) is 33.0 Å². The fraction of sp³-hybridized carbons (Fsp3) is 1.00. The maximum absolute atomic E-state index is 13.9. The van der Waals surface area contributed by atoms with Gasteiger partial charge in [0.2, 0.25) is 0 Å². The van der Waals surface area contributed by atoms with Crippen LogP contribution >= 0.6 is 0 Å². The summed E-state index contributed by atoms with van der Waals surface area (Å²) in [5, 5.41) is 3.26. The van der Waals surface area contributed by atoms with Crippen LogP contribution in [0.4, 0.5) is 4.39 Å². The Hall–Kier alpha value is -0.150. The zero-order valence-electron chi connectivity index (χ0n) is 9.26. The topological polar surface area (TPSA) is 21.3 Å². The minimum atomic E-state index is -0.669. The molecule has 0 radical (unpaired) electrons. The summed E-state index contributed by atoms with van der Waals surface area (Å²) in [6.07, 6.45) is 2.31. The van der Waals surface area contributed by atoms with E-state index in [2.05, 4.69) is 5.32 Å². The second-order valence-electron chi connectivity index (χ2n) is 4.31. The molecule has 0 saturated carbocycles. The molecule has 3 unspecified atom stereocenters. The van der Waals surface area contributed by atoms with Crippen molar-refractivity contribution in [2.24, 2.45) is 11.8 Å². The first kappa shape index (κ1) is 11.9. The van der Waals surface area contributed by atoms with Gasteiger partial charge in [-0.05, 0) is 31.7 Å². The maximum atomic E-state index is 13.9. The summed E-state index contributed by atoms with van der Waals surface area (Å²) in [5.74, 6) is 0.343. The number of alkyl halides is 1. The van der Waals surface area contributed by atoms with Crippen LogP contribution in [0.1, 0.15) is 26.2 Å². The molecule has 0 amide bonds. The first-order valence-corrected chi connectivity index (χ1v) is 5.59. The van der Waals surface area contributed by atoms with Crippen molar-refractivity contribution >= 4 is 0 Å². The Labute approximate surface area is 86.2 Å². The molecule has 1 fully saturated rings. The molecule has 1 N–H and O–H groups in total. The minimum Gasteiger partial charge on any atom is -0.385 e. The smallest absolute Gasteiger partial charge is 0.107 e. The summed E-state index contributed by atoms with van der Waals surface area (Å²) < 4.78 is 18.9. The summed E-state index contributed by atoms with van der Waals surface area (Å²) in [4.78, 5) is 0. The van der Waals surface area contributed by atoms with Gasteiger partial charge in [0, 0.05) is 26.2 Å². The van der Waals surface area contributed by atoms with E-state index in [1.165, 1.54) is 0 Å². The van der Waals surface area contributed by atoms with E-state index >= 15 is 0 Å². The fourth-order valence-electron chi connectivity index (χ4n) is 2.08. The van der Waals surface area contributed by atoms with Gasteiger partial charge < -0.3 is 10.1 Å². The first-order chi connectivity index (χ1) is 6.75. The minimum absolute atomic E-state index is 0.125.